The maximum Gasteiger partial charge on any atom is 0.342 e. The van der Waals surface area contributed by atoms with Crippen molar-refractivity contribution in [1.29, 1.82) is 0 Å². The fourth-order valence-corrected chi connectivity index (χ4v) is 4.39. The van der Waals surface area contributed by atoms with E-state index in [1.165, 1.54) is 18.2 Å². The van der Waals surface area contributed by atoms with Crippen LogP contribution in [0.3, 0.4) is 0 Å². The number of halogens is 1. The van der Waals surface area contributed by atoms with E-state index in [4.69, 9.17) is 9.15 Å². The average Bonchev–Trinajstić information content (AvgIpc) is 3.15. The van der Waals surface area contributed by atoms with Gasteiger partial charge in [-0.2, -0.15) is 0 Å². The molecule has 1 aromatic heterocycles. The lowest BCUT2D eigenvalue weighted by Crippen LogP contribution is -2.35. The molecule has 6 nitrogen and oxygen atoms in total. The molecule has 0 radical (unpaired) electrons. The molecule has 0 bridgehead atoms. The maximum absolute atomic E-state index is 13.4. The van der Waals surface area contributed by atoms with Crippen LogP contribution in [-0.4, -0.2) is 41.5 Å². The van der Waals surface area contributed by atoms with E-state index in [-0.39, 0.29) is 29.8 Å². The van der Waals surface area contributed by atoms with Gasteiger partial charge in [0.25, 0.3) is 0 Å². The minimum atomic E-state index is -0.522. The maximum atomic E-state index is 13.4. The van der Waals surface area contributed by atoms with E-state index in [0.29, 0.717) is 41.3 Å². The number of carbonyl (C=O) groups is 1. The molecule has 1 fully saturated rings. The summed E-state index contributed by atoms with van der Waals surface area (Å²) in [6.07, 6.45) is 3.80. The molecular formula is C25H28FNO5. The number of benzene rings is 2. The van der Waals surface area contributed by atoms with Crippen LogP contribution in [0.25, 0.3) is 22.3 Å². The van der Waals surface area contributed by atoms with E-state index in [1.54, 1.807) is 25.1 Å². The number of esters is 1. The Morgan fingerprint density at radius 1 is 1.19 bits per heavy atom. The number of phenolic OH excluding ortho intramolecular Hbond substituents is 1. The van der Waals surface area contributed by atoms with Gasteiger partial charge in [0, 0.05) is 23.1 Å². The highest BCUT2D eigenvalue weighted by Gasteiger charge is 2.26. The lowest BCUT2D eigenvalue weighted by atomic mass is 9.93. The van der Waals surface area contributed by atoms with Crippen LogP contribution in [0.15, 0.2) is 40.8 Å². The summed E-state index contributed by atoms with van der Waals surface area (Å²) < 4.78 is 24.7. The molecule has 4 rings (SSSR count). The second kappa shape index (κ2) is 9.71. The monoisotopic (exact) mass is 441 g/mol. The van der Waals surface area contributed by atoms with E-state index < -0.39 is 5.97 Å². The first-order chi connectivity index (χ1) is 15.5. The number of rotatable bonds is 7. The number of carbonyl (C=O) groups excluding carboxylic acids is 1. The Bertz CT molecular complexity index is 1080. The molecule has 0 saturated heterocycles. The highest BCUT2D eigenvalue weighted by Crippen LogP contribution is 2.38. The zero-order chi connectivity index (χ0) is 22.7. The molecule has 0 amide bonds. The van der Waals surface area contributed by atoms with Crippen molar-refractivity contribution in [2.45, 2.75) is 51.2 Å². The van der Waals surface area contributed by atoms with Crippen molar-refractivity contribution in [3.63, 3.8) is 0 Å². The average molecular weight is 441 g/mol. The molecule has 0 aliphatic heterocycles. The molecule has 3 N–H and O–H groups in total. The molecule has 1 aliphatic carbocycles. The zero-order valence-corrected chi connectivity index (χ0v) is 18.1. The minimum absolute atomic E-state index is 0.0445. The van der Waals surface area contributed by atoms with Gasteiger partial charge in [0.1, 0.15) is 28.5 Å². The summed E-state index contributed by atoms with van der Waals surface area (Å²) in [4.78, 5) is 12.9. The number of phenols is 1. The zero-order valence-electron chi connectivity index (χ0n) is 18.1. The largest absolute Gasteiger partial charge is 0.508 e. The molecule has 170 valence electrons. The second-order valence-corrected chi connectivity index (χ2v) is 8.22. The predicted octanol–water partition coefficient (Wildman–Crippen LogP) is 4.56. The third-order valence-electron chi connectivity index (χ3n) is 5.97. The number of furan rings is 1. The lowest BCUT2D eigenvalue weighted by Gasteiger charge is -2.26. The molecule has 3 aromatic rings. The van der Waals surface area contributed by atoms with Crippen LogP contribution in [0.1, 0.15) is 48.5 Å². The molecule has 1 aliphatic rings. The number of fused-ring (bicyclic) bond motifs is 1. The van der Waals surface area contributed by atoms with Gasteiger partial charge in [0.15, 0.2) is 0 Å². The Morgan fingerprint density at radius 3 is 2.59 bits per heavy atom. The summed E-state index contributed by atoms with van der Waals surface area (Å²) in [5, 5.41) is 24.1. The van der Waals surface area contributed by atoms with E-state index in [1.807, 2.05) is 0 Å². The molecule has 1 saturated carbocycles. The Kier molecular flexibility index (Phi) is 6.77. The normalized spacial score (nSPS) is 18.7. The number of aromatic hydroxyl groups is 1. The predicted molar refractivity (Wildman–Crippen MR) is 119 cm³/mol. The number of hydrogen-bond donors (Lipinski definition) is 3. The third kappa shape index (κ3) is 4.79. The van der Waals surface area contributed by atoms with Gasteiger partial charge < -0.3 is 24.7 Å². The fraction of sp³-hybridized carbons (Fsp3) is 0.400. The smallest absolute Gasteiger partial charge is 0.342 e. The number of hydrogen-bond acceptors (Lipinski definition) is 6. The third-order valence-corrected chi connectivity index (χ3v) is 5.97. The van der Waals surface area contributed by atoms with Gasteiger partial charge in [-0.3, -0.25) is 0 Å². The fourth-order valence-electron chi connectivity index (χ4n) is 4.39. The Hall–Kier alpha value is -2.90. The standard InChI is InChI=1S/C25H28FNO5/c1-2-31-25(30)23-22-16(11-12-27-18-7-9-19(28)10-8-18)13-20(29)14-21(22)32-24(23)15-3-5-17(26)6-4-15/h3-6,13-14,18-19,27-29H,2,7-12H2,1H3. The second-order valence-electron chi connectivity index (χ2n) is 8.22. The Morgan fingerprint density at radius 2 is 1.91 bits per heavy atom. The van der Waals surface area contributed by atoms with Crippen LogP contribution in [0.5, 0.6) is 5.75 Å². The molecule has 0 atom stereocenters. The van der Waals surface area contributed by atoms with Gasteiger partial charge in [0.05, 0.1) is 12.7 Å². The van der Waals surface area contributed by atoms with Gasteiger partial charge in [0.2, 0.25) is 0 Å². The summed E-state index contributed by atoms with van der Waals surface area (Å²) in [5.74, 6) is -0.573. The van der Waals surface area contributed by atoms with Gasteiger partial charge in [-0.25, -0.2) is 9.18 Å². The number of nitrogens with one attached hydrogen (secondary N) is 1. The highest BCUT2D eigenvalue weighted by molar-refractivity contribution is 6.10. The van der Waals surface area contributed by atoms with Crippen LogP contribution in [0.4, 0.5) is 4.39 Å². The van der Waals surface area contributed by atoms with Crippen molar-refractivity contribution in [3.8, 4) is 17.1 Å². The Balaban J connectivity index is 1.69. The van der Waals surface area contributed by atoms with Crippen molar-refractivity contribution in [2.75, 3.05) is 13.2 Å². The first-order valence-electron chi connectivity index (χ1n) is 11.1. The first-order valence-corrected chi connectivity index (χ1v) is 11.1. The lowest BCUT2D eigenvalue weighted by molar-refractivity contribution is 0.0528. The molecule has 0 spiro atoms. The van der Waals surface area contributed by atoms with Crippen LogP contribution < -0.4 is 5.32 Å². The summed E-state index contributed by atoms with van der Waals surface area (Å²) in [6.45, 7) is 2.59. The highest BCUT2D eigenvalue weighted by atomic mass is 19.1. The molecule has 0 unspecified atom stereocenters. The van der Waals surface area contributed by atoms with Gasteiger partial charge in [-0.05, 0) is 81.5 Å². The van der Waals surface area contributed by atoms with Gasteiger partial charge in [-0.15, -0.1) is 0 Å². The SMILES string of the molecule is CCOC(=O)c1c(-c2ccc(F)cc2)oc2cc(O)cc(CCNC3CCC(O)CC3)c12. The van der Waals surface area contributed by atoms with Crippen LogP contribution >= 0.6 is 0 Å². The van der Waals surface area contributed by atoms with Crippen LogP contribution in [0, 0.1) is 5.82 Å². The summed E-state index contributed by atoms with van der Waals surface area (Å²) >= 11 is 0. The summed E-state index contributed by atoms with van der Waals surface area (Å²) in [6, 6.07) is 9.17. The molecule has 7 heteroatoms. The number of aliphatic hydroxyl groups is 1. The summed E-state index contributed by atoms with van der Waals surface area (Å²) in [7, 11) is 0. The first kappa shape index (κ1) is 22.3. The molecule has 2 aromatic carbocycles. The molecule has 1 heterocycles. The number of aliphatic hydroxyl groups excluding tert-OH is 1. The Labute approximate surface area is 186 Å². The van der Waals surface area contributed by atoms with E-state index in [0.717, 1.165) is 31.2 Å². The van der Waals surface area contributed by atoms with Crippen molar-refractivity contribution in [1.82, 2.24) is 5.32 Å². The van der Waals surface area contributed by atoms with E-state index >= 15 is 0 Å². The van der Waals surface area contributed by atoms with Crippen molar-refractivity contribution in [3.05, 3.63) is 53.3 Å². The van der Waals surface area contributed by atoms with Crippen LogP contribution in [-0.2, 0) is 11.2 Å². The van der Waals surface area contributed by atoms with E-state index in [2.05, 4.69) is 5.32 Å². The minimum Gasteiger partial charge on any atom is -0.508 e. The van der Waals surface area contributed by atoms with E-state index in [9.17, 15) is 19.4 Å². The van der Waals surface area contributed by atoms with Gasteiger partial charge >= 0.3 is 5.97 Å². The topological polar surface area (TPSA) is 91.9 Å². The van der Waals surface area contributed by atoms with Crippen molar-refractivity contribution in [2.24, 2.45) is 0 Å². The number of ether oxygens (including phenoxy) is 1. The van der Waals surface area contributed by atoms with Gasteiger partial charge in [-0.1, -0.05) is 0 Å². The molecule has 32 heavy (non-hydrogen) atoms. The quantitative estimate of drug-likeness (QED) is 0.466. The van der Waals surface area contributed by atoms with Crippen molar-refractivity contribution >= 4 is 16.9 Å². The molecular weight excluding hydrogens is 413 g/mol. The van der Waals surface area contributed by atoms with Crippen molar-refractivity contribution < 1.29 is 28.6 Å². The summed E-state index contributed by atoms with van der Waals surface area (Å²) in [5.41, 5.74) is 1.98. The van der Waals surface area contributed by atoms with Crippen LogP contribution in [0.2, 0.25) is 0 Å².